The van der Waals surface area contributed by atoms with Crippen LogP contribution in [-0.4, -0.2) is 15.3 Å². The first-order valence-corrected chi connectivity index (χ1v) is 7.98. The molecule has 0 unspecified atom stereocenters. The number of hydrogen-bond acceptors (Lipinski definition) is 3. The standard InChI is InChI=1S/C16H32O3/c1-2-3-4-5-6-7-8-9-10-11-12-13-14-15(17)16(18)19/h17-19H,2-14H2,1H3. The van der Waals surface area contributed by atoms with Crippen LogP contribution in [0.1, 0.15) is 90.4 Å². The Labute approximate surface area is 118 Å². The molecular weight excluding hydrogens is 240 g/mol. The lowest BCUT2D eigenvalue weighted by atomic mass is 10.0. The maximum atomic E-state index is 9.07. The van der Waals surface area contributed by atoms with Gasteiger partial charge in [0.25, 0.3) is 0 Å². The van der Waals surface area contributed by atoms with Crippen molar-refractivity contribution < 1.29 is 15.3 Å². The van der Waals surface area contributed by atoms with E-state index in [0.29, 0.717) is 6.42 Å². The Hall–Kier alpha value is -0.860. The van der Waals surface area contributed by atoms with Crippen LogP contribution in [0.3, 0.4) is 0 Å². The van der Waals surface area contributed by atoms with Gasteiger partial charge in [0.1, 0.15) is 0 Å². The Bertz CT molecular complexity index is 220. The molecule has 0 aromatic heterocycles. The highest BCUT2D eigenvalue weighted by molar-refractivity contribution is 4.88. The largest absolute Gasteiger partial charge is 0.506 e. The van der Waals surface area contributed by atoms with Gasteiger partial charge in [-0.15, -0.1) is 0 Å². The number of unbranched alkanes of at least 4 members (excludes halogenated alkanes) is 11. The SMILES string of the molecule is CCCCCCCCCCCCCCC(O)=C(O)O. The minimum absolute atomic E-state index is 0.285. The van der Waals surface area contributed by atoms with Gasteiger partial charge in [0.2, 0.25) is 0 Å². The van der Waals surface area contributed by atoms with Gasteiger partial charge in [-0.1, -0.05) is 77.6 Å². The molecule has 3 heteroatoms. The van der Waals surface area contributed by atoms with Crippen molar-refractivity contribution >= 4 is 0 Å². The minimum atomic E-state index is -0.928. The highest BCUT2D eigenvalue weighted by Crippen LogP contribution is 2.13. The lowest BCUT2D eigenvalue weighted by Crippen LogP contribution is -1.90. The monoisotopic (exact) mass is 272 g/mol. The highest BCUT2D eigenvalue weighted by Gasteiger charge is 2.00. The van der Waals surface area contributed by atoms with E-state index in [1.165, 1.54) is 64.2 Å². The lowest BCUT2D eigenvalue weighted by Gasteiger charge is -2.03. The molecule has 0 amide bonds. The van der Waals surface area contributed by atoms with Gasteiger partial charge in [0.15, 0.2) is 5.76 Å². The molecule has 0 radical (unpaired) electrons. The molecule has 0 saturated heterocycles. The molecule has 0 heterocycles. The maximum absolute atomic E-state index is 9.07. The third-order valence-corrected chi connectivity index (χ3v) is 3.53. The van der Waals surface area contributed by atoms with Gasteiger partial charge in [0.05, 0.1) is 0 Å². The maximum Gasteiger partial charge on any atom is 0.313 e. The highest BCUT2D eigenvalue weighted by atomic mass is 16.5. The van der Waals surface area contributed by atoms with Crippen molar-refractivity contribution in [3.8, 4) is 0 Å². The van der Waals surface area contributed by atoms with E-state index < -0.39 is 5.95 Å². The van der Waals surface area contributed by atoms with Crippen LogP contribution >= 0.6 is 0 Å². The van der Waals surface area contributed by atoms with E-state index in [2.05, 4.69) is 6.92 Å². The summed E-state index contributed by atoms with van der Waals surface area (Å²) in [6, 6.07) is 0. The second kappa shape index (κ2) is 13.6. The van der Waals surface area contributed by atoms with Crippen LogP contribution in [0.25, 0.3) is 0 Å². The molecule has 0 bridgehead atoms. The number of aliphatic hydroxyl groups excluding tert-OH is 2. The Morgan fingerprint density at radius 3 is 1.32 bits per heavy atom. The van der Waals surface area contributed by atoms with Gasteiger partial charge >= 0.3 is 5.95 Å². The van der Waals surface area contributed by atoms with Gasteiger partial charge in [-0.2, -0.15) is 0 Å². The molecule has 19 heavy (non-hydrogen) atoms. The van der Waals surface area contributed by atoms with Crippen molar-refractivity contribution in [2.24, 2.45) is 0 Å². The van der Waals surface area contributed by atoms with E-state index in [4.69, 9.17) is 15.3 Å². The Kier molecular flexibility index (Phi) is 13.0. The van der Waals surface area contributed by atoms with Crippen molar-refractivity contribution in [2.45, 2.75) is 90.4 Å². The van der Waals surface area contributed by atoms with Crippen molar-refractivity contribution in [2.75, 3.05) is 0 Å². The molecule has 0 saturated carbocycles. The van der Waals surface area contributed by atoms with Gasteiger partial charge in [0, 0.05) is 6.42 Å². The molecule has 0 aliphatic heterocycles. The van der Waals surface area contributed by atoms with E-state index in [0.717, 1.165) is 12.8 Å². The third kappa shape index (κ3) is 13.4. The fourth-order valence-corrected chi connectivity index (χ4v) is 2.25. The summed E-state index contributed by atoms with van der Waals surface area (Å²) in [6.07, 6.45) is 15.6. The summed E-state index contributed by atoms with van der Waals surface area (Å²) in [5.41, 5.74) is 0. The smallest absolute Gasteiger partial charge is 0.313 e. The molecule has 0 aliphatic rings. The molecule has 0 aromatic rings. The summed E-state index contributed by atoms with van der Waals surface area (Å²) in [5, 5.41) is 26.2. The fraction of sp³-hybridized carbons (Fsp3) is 0.875. The first kappa shape index (κ1) is 18.1. The fourth-order valence-electron chi connectivity index (χ4n) is 2.25. The molecule has 0 aromatic carbocycles. The quantitative estimate of drug-likeness (QED) is 0.288. The van der Waals surface area contributed by atoms with E-state index in [9.17, 15) is 0 Å². The van der Waals surface area contributed by atoms with Crippen LogP contribution in [0, 0.1) is 0 Å². The van der Waals surface area contributed by atoms with Crippen LogP contribution in [0.4, 0.5) is 0 Å². The minimum Gasteiger partial charge on any atom is -0.506 e. The van der Waals surface area contributed by atoms with Crippen LogP contribution in [0.2, 0.25) is 0 Å². The van der Waals surface area contributed by atoms with Crippen LogP contribution in [0.5, 0.6) is 0 Å². The molecule has 114 valence electrons. The zero-order valence-corrected chi connectivity index (χ0v) is 12.5. The first-order chi connectivity index (χ1) is 9.18. The molecule has 0 rings (SSSR count). The summed E-state index contributed by atoms with van der Waals surface area (Å²) < 4.78 is 0. The molecule has 0 spiro atoms. The van der Waals surface area contributed by atoms with Crippen LogP contribution in [-0.2, 0) is 0 Å². The number of hydrogen-bond donors (Lipinski definition) is 3. The summed E-state index contributed by atoms with van der Waals surface area (Å²) in [7, 11) is 0. The van der Waals surface area contributed by atoms with E-state index in [1.54, 1.807) is 0 Å². The predicted molar refractivity (Wildman–Crippen MR) is 80.6 cm³/mol. The summed E-state index contributed by atoms with van der Waals surface area (Å²) in [6.45, 7) is 2.25. The molecule has 3 nitrogen and oxygen atoms in total. The van der Waals surface area contributed by atoms with Crippen LogP contribution in [0.15, 0.2) is 11.7 Å². The van der Waals surface area contributed by atoms with Gasteiger partial charge in [-0.25, -0.2) is 0 Å². The van der Waals surface area contributed by atoms with Gasteiger partial charge < -0.3 is 15.3 Å². The molecular formula is C16H32O3. The van der Waals surface area contributed by atoms with E-state index in [-0.39, 0.29) is 5.76 Å². The Morgan fingerprint density at radius 1 is 0.579 bits per heavy atom. The third-order valence-electron chi connectivity index (χ3n) is 3.53. The van der Waals surface area contributed by atoms with Crippen LogP contribution < -0.4 is 0 Å². The predicted octanol–water partition coefficient (Wildman–Crippen LogP) is 5.92. The molecule has 0 aliphatic carbocycles. The summed E-state index contributed by atoms with van der Waals surface area (Å²) in [5.74, 6) is -1.21. The van der Waals surface area contributed by atoms with E-state index in [1.807, 2.05) is 0 Å². The van der Waals surface area contributed by atoms with Crippen molar-refractivity contribution in [3.63, 3.8) is 0 Å². The zero-order chi connectivity index (χ0) is 14.3. The normalized spacial score (nSPS) is 10.6. The molecule has 0 atom stereocenters. The van der Waals surface area contributed by atoms with Gasteiger partial charge in [-0.05, 0) is 6.42 Å². The average Bonchev–Trinajstić information content (AvgIpc) is 2.39. The zero-order valence-electron chi connectivity index (χ0n) is 12.5. The second-order valence-corrected chi connectivity index (χ2v) is 5.41. The number of rotatable bonds is 13. The van der Waals surface area contributed by atoms with Crippen molar-refractivity contribution in [3.05, 3.63) is 11.7 Å². The molecule has 3 N–H and O–H groups in total. The number of allylic oxidation sites excluding steroid dienone is 1. The van der Waals surface area contributed by atoms with Gasteiger partial charge in [-0.3, -0.25) is 0 Å². The summed E-state index contributed by atoms with van der Waals surface area (Å²) >= 11 is 0. The molecule has 0 fully saturated rings. The topological polar surface area (TPSA) is 60.7 Å². The summed E-state index contributed by atoms with van der Waals surface area (Å²) in [4.78, 5) is 0. The average molecular weight is 272 g/mol. The lowest BCUT2D eigenvalue weighted by molar-refractivity contribution is 0.153. The Balaban J connectivity index is 3.09. The second-order valence-electron chi connectivity index (χ2n) is 5.41. The van der Waals surface area contributed by atoms with E-state index >= 15 is 0 Å². The first-order valence-electron chi connectivity index (χ1n) is 7.98. The Morgan fingerprint density at radius 2 is 0.947 bits per heavy atom. The van der Waals surface area contributed by atoms with Crippen molar-refractivity contribution in [1.29, 1.82) is 0 Å². The number of aliphatic hydroxyl groups is 3. The van der Waals surface area contributed by atoms with Crippen molar-refractivity contribution in [1.82, 2.24) is 0 Å².